The molecule has 0 amide bonds. The monoisotopic (exact) mass is 340 g/mol. The molecule has 1 aliphatic carbocycles. The van der Waals surface area contributed by atoms with Crippen molar-refractivity contribution < 1.29 is 13.2 Å². The number of aromatic nitrogens is 1. The minimum atomic E-state index is -4.37. The molecule has 0 radical (unpaired) electrons. The van der Waals surface area contributed by atoms with E-state index in [0.29, 0.717) is 20.2 Å². The van der Waals surface area contributed by atoms with Crippen LogP contribution in [0.4, 0.5) is 19.0 Å². The van der Waals surface area contributed by atoms with Gasteiger partial charge in [0.15, 0.2) is 0 Å². The van der Waals surface area contributed by atoms with Crippen LogP contribution in [0.25, 0.3) is 0 Å². The van der Waals surface area contributed by atoms with E-state index in [1.165, 1.54) is 25.8 Å². The summed E-state index contributed by atoms with van der Waals surface area (Å²) in [6.07, 6.45) is -1.95. The normalized spacial score (nSPS) is 16.6. The first kappa shape index (κ1) is 14.1. The van der Waals surface area contributed by atoms with Gasteiger partial charge in [-0.1, -0.05) is 0 Å². The molecule has 1 aromatic heterocycles. The van der Waals surface area contributed by atoms with Crippen LogP contribution in [0.15, 0.2) is 10.7 Å². The molecule has 100 valence electrons. The zero-order chi connectivity index (χ0) is 13.5. The second kappa shape index (κ2) is 4.97. The standard InChI is InChI=1S/C11H13BrF3N2P/c1-6-5-8(17(2)18-7-3-4-7)16-10(12)9(6)11(13,14)15/h5,7,18H,3-4H2,1-2H3. The lowest BCUT2D eigenvalue weighted by molar-refractivity contribution is -0.138. The van der Waals surface area contributed by atoms with Crippen molar-refractivity contribution in [2.24, 2.45) is 0 Å². The number of aryl methyl sites for hydroxylation is 1. The van der Waals surface area contributed by atoms with Gasteiger partial charge in [-0.25, -0.2) is 4.98 Å². The van der Waals surface area contributed by atoms with Crippen LogP contribution in [0.1, 0.15) is 24.0 Å². The van der Waals surface area contributed by atoms with Crippen molar-refractivity contribution in [3.05, 3.63) is 21.8 Å². The zero-order valence-electron chi connectivity index (χ0n) is 9.98. The zero-order valence-corrected chi connectivity index (χ0v) is 12.6. The van der Waals surface area contributed by atoms with Crippen molar-refractivity contribution in [3.63, 3.8) is 0 Å². The van der Waals surface area contributed by atoms with E-state index in [2.05, 4.69) is 20.9 Å². The molecular formula is C11H13BrF3N2P. The lowest BCUT2D eigenvalue weighted by Crippen LogP contribution is -2.13. The first-order valence-corrected chi connectivity index (χ1v) is 7.35. The van der Waals surface area contributed by atoms with Gasteiger partial charge in [0.05, 0.1) is 5.56 Å². The Labute approximate surface area is 114 Å². The van der Waals surface area contributed by atoms with Gasteiger partial charge in [-0.15, -0.1) is 0 Å². The lowest BCUT2D eigenvalue weighted by atomic mass is 10.1. The highest BCUT2D eigenvalue weighted by Gasteiger charge is 2.36. The third-order valence-corrected chi connectivity index (χ3v) is 4.87. The molecule has 1 atom stereocenters. The average molecular weight is 341 g/mol. The first-order chi connectivity index (χ1) is 8.29. The predicted molar refractivity (Wildman–Crippen MR) is 71.4 cm³/mol. The Bertz CT molecular complexity index is 437. The number of pyridine rings is 1. The van der Waals surface area contributed by atoms with Crippen molar-refractivity contribution in [3.8, 4) is 0 Å². The Morgan fingerprint density at radius 1 is 1.44 bits per heavy atom. The van der Waals surface area contributed by atoms with Crippen LogP contribution in [0.3, 0.4) is 0 Å². The maximum Gasteiger partial charge on any atom is 0.419 e. The number of anilines is 1. The van der Waals surface area contributed by atoms with E-state index in [1.807, 2.05) is 11.7 Å². The van der Waals surface area contributed by atoms with Gasteiger partial charge < -0.3 is 4.67 Å². The van der Waals surface area contributed by atoms with E-state index in [4.69, 9.17) is 0 Å². The molecule has 0 aliphatic heterocycles. The number of hydrogen-bond acceptors (Lipinski definition) is 2. The maximum atomic E-state index is 12.8. The molecular weight excluding hydrogens is 328 g/mol. The Hall–Kier alpha value is -0.350. The van der Waals surface area contributed by atoms with Crippen LogP contribution in [0.2, 0.25) is 0 Å². The Kier molecular flexibility index (Phi) is 3.88. The SMILES string of the molecule is Cc1cc(N(C)PC2CC2)nc(Br)c1C(F)(F)F. The maximum absolute atomic E-state index is 12.8. The van der Waals surface area contributed by atoms with Crippen LogP contribution >= 0.6 is 24.7 Å². The summed E-state index contributed by atoms with van der Waals surface area (Å²) < 4.78 is 40.2. The quantitative estimate of drug-likeness (QED) is 0.600. The van der Waals surface area contributed by atoms with Gasteiger partial charge in [-0.05, 0) is 61.7 Å². The second-order valence-electron chi connectivity index (χ2n) is 4.42. The lowest BCUT2D eigenvalue weighted by Gasteiger charge is -2.20. The third kappa shape index (κ3) is 3.15. The number of hydrogen-bond donors (Lipinski definition) is 0. The summed E-state index contributed by atoms with van der Waals surface area (Å²) in [4.78, 5) is 4.01. The minimum Gasteiger partial charge on any atom is -0.341 e. The summed E-state index contributed by atoms with van der Waals surface area (Å²) >= 11 is 2.93. The summed E-state index contributed by atoms with van der Waals surface area (Å²) in [5, 5.41) is 0. The van der Waals surface area contributed by atoms with Gasteiger partial charge in [0.25, 0.3) is 0 Å². The summed E-state index contributed by atoms with van der Waals surface area (Å²) in [5.41, 5.74) is 0.208. The Morgan fingerprint density at radius 3 is 2.50 bits per heavy atom. The van der Waals surface area contributed by atoms with E-state index in [1.54, 1.807) is 0 Å². The van der Waals surface area contributed by atoms with Crippen molar-refractivity contribution in [2.75, 3.05) is 11.7 Å². The van der Waals surface area contributed by atoms with Crippen LogP contribution in [0.5, 0.6) is 0 Å². The van der Waals surface area contributed by atoms with Gasteiger partial charge in [0.1, 0.15) is 10.4 Å². The highest BCUT2D eigenvalue weighted by atomic mass is 79.9. The number of alkyl halides is 3. The van der Waals surface area contributed by atoms with Crippen molar-refractivity contribution >= 4 is 30.5 Å². The Morgan fingerprint density at radius 2 is 2.06 bits per heavy atom. The second-order valence-corrected chi connectivity index (χ2v) is 6.92. The predicted octanol–water partition coefficient (Wildman–Crippen LogP) is 4.36. The molecule has 7 heteroatoms. The van der Waals surface area contributed by atoms with Gasteiger partial charge >= 0.3 is 6.18 Å². The topological polar surface area (TPSA) is 16.1 Å². The molecule has 0 aromatic carbocycles. The summed E-state index contributed by atoms with van der Waals surface area (Å²) in [7, 11) is 2.47. The average Bonchev–Trinajstić information content (AvgIpc) is 2.97. The molecule has 1 saturated carbocycles. The van der Waals surface area contributed by atoms with Crippen LogP contribution in [0, 0.1) is 6.92 Å². The molecule has 0 N–H and O–H groups in total. The van der Waals surface area contributed by atoms with Crippen molar-refractivity contribution in [2.45, 2.75) is 31.6 Å². The fraction of sp³-hybridized carbons (Fsp3) is 0.545. The smallest absolute Gasteiger partial charge is 0.341 e. The van der Waals surface area contributed by atoms with Gasteiger partial charge in [0.2, 0.25) is 0 Å². The minimum absolute atomic E-state index is 0.127. The number of rotatable bonds is 3. The Balaban J connectivity index is 2.29. The van der Waals surface area contributed by atoms with Crippen LogP contribution < -0.4 is 4.67 Å². The fourth-order valence-corrected chi connectivity index (χ4v) is 3.62. The summed E-state index contributed by atoms with van der Waals surface area (Å²) in [6.45, 7) is 1.47. The molecule has 2 rings (SSSR count). The fourth-order valence-electron chi connectivity index (χ4n) is 1.68. The third-order valence-electron chi connectivity index (χ3n) is 2.74. The molecule has 0 spiro atoms. The molecule has 1 heterocycles. The highest BCUT2D eigenvalue weighted by molar-refractivity contribution is 9.10. The van der Waals surface area contributed by atoms with Gasteiger partial charge in [-0.2, -0.15) is 13.2 Å². The van der Waals surface area contributed by atoms with Gasteiger partial charge in [0, 0.05) is 7.05 Å². The van der Waals surface area contributed by atoms with E-state index >= 15 is 0 Å². The molecule has 1 fully saturated rings. The van der Waals surface area contributed by atoms with Crippen LogP contribution in [-0.4, -0.2) is 17.7 Å². The largest absolute Gasteiger partial charge is 0.419 e. The van der Waals surface area contributed by atoms with E-state index in [0.717, 1.165) is 0 Å². The first-order valence-electron chi connectivity index (χ1n) is 5.53. The molecule has 0 saturated heterocycles. The molecule has 1 unspecified atom stereocenters. The molecule has 18 heavy (non-hydrogen) atoms. The number of halogens is 4. The molecule has 1 aliphatic rings. The van der Waals surface area contributed by atoms with E-state index in [9.17, 15) is 13.2 Å². The number of nitrogens with zero attached hydrogens (tertiary/aromatic N) is 2. The van der Waals surface area contributed by atoms with Crippen LogP contribution in [-0.2, 0) is 6.18 Å². The summed E-state index contributed by atoms with van der Waals surface area (Å²) in [5.74, 6) is 0.595. The van der Waals surface area contributed by atoms with Gasteiger partial charge in [-0.3, -0.25) is 0 Å². The van der Waals surface area contributed by atoms with Crippen molar-refractivity contribution in [1.82, 2.24) is 4.98 Å². The summed E-state index contributed by atoms with van der Waals surface area (Å²) in [6, 6.07) is 1.50. The van der Waals surface area contributed by atoms with E-state index < -0.39 is 11.7 Å². The molecule has 0 bridgehead atoms. The molecule has 2 nitrogen and oxygen atoms in total. The highest BCUT2D eigenvalue weighted by Crippen LogP contribution is 2.44. The molecule has 1 aromatic rings. The van der Waals surface area contributed by atoms with E-state index in [-0.39, 0.29) is 10.2 Å². The van der Waals surface area contributed by atoms with Crippen molar-refractivity contribution in [1.29, 1.82) is 0 Å².